The molecule has 1 fully saturated rings. The fourth-order valence-electron chi connectivity index (χ4n) is 6.21. The number of allylic oxidation sites excluding steroid dienone is 2. The highest BCUT2D eigenvalue weighted by Gasteiger charge is 2.63. The van der Waals surface area contributed by atoms with Gasteiger partial charge in [0, 0.05) is 23.8 Å². The van der Waals surface area contributed by atoms with Crippen LogP contribution in [0.2, 0.25) is 0 Å². The molecule has 4 atom stereocenters. The van der Waals surface area contributed by atoms with Gasteiger partial charge in [0.1, 0.15) is 28.9 Å². The Kier molecular flexibility index (Phi) is 5.89. The maximum atomic E-state index is 12.8. The van der Waals surface area contributed by atoms with Crippen molar-refractivity contribution >= 4 is 12.1 Å². The minimum Gasteiger partial charge on any atom is -0.507 e. The average molecular weight is 441 g/mol. The van der Waals surface area contributed by atoms with Gasteiger partial charge in [-0.05, 0) is 56.3 Å². The van der Waals surface area contributed by atoms with Crippen molar-refractivity contribution < 1.29 is 24.5 Å². The van der Waals surface area contributed by atoms with Gasteiger partial charge in [0.25, 0.3) is 0 Å². The van der Waals surface area contributed by atoms with Crippen LogP contribution in [0.15, 0.2) is 11.6 Å². The standard InChI is InChI=1S/C27H36O5/c1-14(2)11-20(29)21-23(30)17-12-16-8-6-7-15(3)9-10-19-22(27(19,4)5)25(16)32-26(17)18(13-28)24(21)31/h7,13-14,16,19,22,25,30-31H,6,8-12H2,1-5H3/b15-7+/t16-,19+,22+,25-/m1/s1. The van der Waals surface area contributed by atoms with Gasteiger partial charge in [-0.3, -0.25) is 9.59 Å². The number of phenols is 2. The lowest BCUT2D eigenvalue weighted by Crippen LogP contribution is -2.37. The molecule has 174 valence electrons. The van der Waals surface area contributed by atoms with Gasteiger partial charge in [-0.2, -0.15) is 0 Å². The van der Waals surface area contributed by atoms with Gasteiger partial charge in [-0.1, -0.05) is 39.3 Å². The molecule has 5 nitrogen and oxygen atoms in total. The van der Waals surface area contributed by atoms with Crippen LogP contribution in [-0.2, 0) is 6.42 Å². The Labute approximate surface area is 190 Å². The van der Waals surface area contributed by atoms with Gasteiger partial charge < -0.3 is 14.9 Å². The number of phenolic OH excluding ortho intramolecular Hbond substituents is 2. The van der Waals surface area contributed by atoms with E-state index >= 15 is 0 Å². The summed E-state index contributed by atoms with van der Waals surface area (Å²) in [5, 5.41) is 21.9. The monoisotopic (exact) mass is 440 g/mol. The maximum absolute atomic E-state index is 12.8. The molecular weight excluding hydrogens is 404 g/mol. The van der Waals surface area contributed by atoms with E-state index in [4.69, 9.17) is 4.74 Å². The van der Waals surface area contributed by atoms with Crippen molar-refractivity contribution in [2.75, 3.05) is 0 Å². The van der Waals surface area contributed by atoms with E-state index in [0.29, 0.717) is 30.1 Å². The summed E-state index contributed by atoms with van der Waals surface area (Å²) in [4.78, 5) is 24.8. The molecule has 1 aliphatic heterocycles. The molecule has 0 spiro atoms. The first-order chi connectivity index (χ1) is 15.1. The molecule has 2 aliphatic carbocycles. The van der Waals surface area contributed by atoms with Crippen LogP contribution >= 0.6 is 0 Å². The summed E-state index contributed by atoms with van der Waals surface area (Å²) in [6, 6.07) is 0. The first-order valence-corrected chi connectivity index (χ1v) is 12.0. The van der Waals surface area contributed by atoms with Crippen molar-refractivity contribution in [2.24, 2.45) is 29.1 Å². The number of hydrogen-bond donors (Lipinski definition) is 2. The molecule has 2 N–H and O–H groups in total. The Morgan fingerprint density at radius 1 is 1.25 bits per heavy atom. The number of Topliss-reactive ketones (excluding diaryl/α,β-unsaturated/α-hetero) is 1. The maximum Gasteiger partial charge on any atom is 0.170 e. The molecule has 5 heteroatoms. The van der Waals surface area contributed by atoms with E-state index in [2.05, 4.69) is 26.8 Å². The molecule has 0 aromatic heterocycles. The Morgan fingerprint density at radius 3 is 2.62 bits per heavy atom. The van der Waals surface area contributed by atoms with Crippen molar-refractivity contribution in [1.82, 2.24) is 0 Å². The Hall–Kier alpha value is -2.30. The third-order valence-corrected chi connectivity index (χ3v) is 8.08. The molecule has 1 heterocycles. The number of aromatic hydroxyl groups is 2. The summed E-state index contributed by atoms with van der Waals surface area (Å²) < 4.78 is 6.50. The van der Waals surface area contributed by atoms with Crippen molar-refractivity contribution in [1.29, 1.82) is 0 Å². The second-order valence-electron chi connectivity index (χ2n) is 11.1. The number of benzene rings is 1. The van der Waals surface area contributed by atoms with Gasteiger partial charge in [0.2, 0.25) is 0 Å². The smallest absolute Gasteiger partial charge is 0.170 e. The molecule has 3 aliphatic rings. The molecule has 32 heavy (non-hydrogen) atoms. The zero-order valence-corrected chi connectivity index (χ0v) is 19.9. The van der Waals surface area contributed by atoms with Crippen LogP contribution in [0.5, 0.6) is 17.2 Å². The average Bonchev–Trinajstić information content (AvgIpc) is 3.26. The Balaban J connectivity index is 1.79. The summed E-state index contributed by atoms with van der Waals surface area (Å²) in [5.74, 6) is 0.415. The topological polar surface area (TPSA) is 83.8 Å². The van der Waals surface area contributed by atoms with E-state index in [0.717, 1.165) is 25.7 Å². The molecule has 1 aromatic carbocycles. The van der Waals surface area contributed by atoms with Crippen LogP contribution in [0.3, 0.4) is 0 Å². The minimum atomic E-state index is -0.453. The van der Waals surface area contributed by atoms with Crippen LogP contribution in [0.25, 0.3) is 0 Å². The number of ketones is 1. The number of aldehydes is 1. The highest BCUT2D eigenvalue weighted by atomic mass is 16.5. The van der Waals surface area contributed by atoms with Gasteiger partial charge in [0.15, 0.2) is 12.1 Å². The number of carbonyl (C=O) groups is 2. The summed E-state index contributed by atoms with van der Waals surface area (Å²) in [7, 11) is 0. The number of hydrogen-bond acceptors (Lipinski definition) is 5. The predicted octanol–water partition coefficient (Wildman–Crippen LogP) is 5.85. The van der Waals surface area contributed by atoms with Crippen molar-refractivity contribution in [2.45, 2.75) is 79.2 Å². The second-order valence-corrected chi connectivity index (χ2v) is 11.1. The molecule has 0 bridgehead atoms. The molecule has 0 amide bonds. The van der Waals surface area contributed by atoms with E-state index in [1.165, 1.54) is 5.57 Å². The van der Waals surface area contributed by atoms with Crippen LogP contribution in [0.4, 0.5) is 0 Å². The number of rotatable bonds is 4. The molecule has 1 saturated carbocycles. The van der Waals surface area contributed by atoms with E-state index in [-0.39, 0.29) is 58.2 Å². The summed E-state index contributed by atoms with van der Waals surface area (Å²) >= 11 is 0. The SMILES string of the molecule is C/C1=C\CC[C@@H]2Cc3c(O)c(C(=O)CC(C)C)c(O)c(C=O)c3O[C@H]2[C@@H]2[C@H](CC1)C2(C)C. The van der Waals surface area contributed by atoms with E-state index in [1.807, 2.05) is 13.8 Å². The van der Waals surface area contributed by atoms with Gasteiger partial charge >= 0.3 is 0 Å². The third-order valence-electron chi connectivity index (χ3n) is 8.08. The van der Waals surface area contributed by atoms with Gasteiger partial charge in [-0.15, -0.1) is 0 Å². The number of fused-ring (bicyclic) bond motifs is 4. The summed E-state index contributed by atoms with van der Waals surface area (Å²) in [6.45, 7) is 10.6. The number of ether oxygens (including phenoxy) is 1. The Bertz CT molecular complexity index is 971. The second kappa shape index (κ2) is 8.24. The minimum absolute atomic E-state index is 0.00815. The fourth-order valence-corrected chi connectivity index (χ4v) is 6.21. The van der Waals surface area contributed by atoms with Gasteiger partial charge in [0.05, 0.1) is 5.56 Å². The lowest BCUT2D eigenvalue weighted by Gasteiger charge is -2.36. The molecule has 0 radical (unpaired) electrons. The first kappa shape index (κ1) is 22.9. The third kappa shape index (κ3) is 3.74. The van der Waals surface area contributed by atoms with Crippen LogP contribution in [0.1, 0.15) is 93.0 Å². The van der Waals surface area contributed by atoms with Crippen LogP contribution < -0.4 is 4.74 Å². The summed E-state index contributed by atoms with van der Waals surface area (Å²) in [6.07, 6.45) is 7.63. The molecule has 0 unspecified atom stereocenters. The lowest BCUT2D eigenvalue weighted by atomic mass is 9.80. The van der Waals surface area contributed by atoms with E-state index < -0.39 is 5.75 Å². The fraction of sp³-hybridized carbons (Fsp3) is 0.630. The largest absolute Gasteiger partial charge is 0.507 e. The molecule has 1 aromatic rings. The van der Waals surface area contributed by atoms with Crippen LogP contribution in [-0.4, -0.2) is 28.4 Å². The number of carbonyl (C=O) groups excluding carboxylic acids is 2. The first-order valence-electron chi connectivity index (χ1n) is 12.0. The zero-order chi connectivity index (χ0) is 23.4. The quantitative estimate of drug-likeness (QED) is 0.348. The summed E-state index contributed by atoms with van der Waals surface area (Å²) in [5.41, 5.74) is 1.93. The van der Waals surface area contributed by atoms with E-state index in [1.54, 1.807) is 0 Å². The predicted molar refractivity (Wildman–Crippen MR) is 124 cm³/mol. The Morgan fingerprint density at radius 2 is 1.97 bits per heavy atom. The highest BCUT2D eigenvalue weighted by Crippen LogP contribution is 2.65. The highest BCUT2D eigenvalue weighted by molar-refractivity contribution is 6.05. The molecule has 4 rings (SSSR count). The zero-order valence-electron chi connectivity index (χ0n) is 19.9. The van der Waals surface area contributed by atoms with Crippen molar-refractivity contribution in [3.8, 4) is 17.2 Å². The van der Waals surface area contributed by atoms with E-state index in [9.17, 15) is 19.8 Å². The van der Waals surface area contributed by atoms with Crippen molar-refractivity contribution in [3.05, 3.63) is 28.3 Å². The normalized spacial score (nSPS) is 30.1. The molecular formula is C27H36O5. The molecule has 0 saturated heterocycles. The van der Waals surface area contributed by atoms with Crippen LogP contribution in [0, 0.1) is 29.1 Å². The lowest BCUT2D eigenvalue weighted by molar-refractivity contribution is 0.0707. The van der Waals surface area contributed by atoms with Crippen molar-refractivity contribution in [3.63, 3.8) is 0 Å². The van der Waals surface area contributed by atoms with Gasteiger partial charge in [-0.25, -0.2) is 0 Å².